The van der Waals surface area contributed by atoms with Gasteiger partial charge in [0.15, 0.2) is 5.13 Å². The monoisotopic (exact) mass is 475 g/mol. The standard InChI is InChI=1S/C22H25N3O3S3/c1-15(2)16-7-9-17(10-8-16)19-14-30-22(23-19)24-21(26)18-5-3-11-25(13-18)31(27,28)20-6-4-12-29-20/h4,6-10,12,14-15,18H,3,5,11,13H2,1-2H3,(H,23,24,26). The van der Waals surface area contributed by atoms with Crippen LogP contribution in [0.1, 0.15) is 38.2 Å². The fraction of sp³-hybridized carbons (Fsp3) is 0.364. The number of sulfonamides is 1. The van der Waals surface area contributed by atoms with E-state index in [1.54, 1.807) is 17.5 Å². The molecule has 1 aliphatic rings. The van der Waals surface area contributed by atoms with Crippen molar-refractivity contribution in [1.82, 2.24) is 9.29 Å². The van der Waals surface area contributed by atoms with Crippen LogP contribution in [0.3, 0.4) is 0 Å². The molecule has 1 unspecified atom stereocenters. The van der Waals surface area contributed by atoms with Crippen LogP contribution in [0.25, 0.3) is 11.3 Å². The van der Waals surface area contributed by atoms with Gasteiger partial charge in [-0.2, -0.15) is 4.31 Å². The summed E-state index contributed by atoms with van der Waals surface area (Å²) in [4.78, 5) is 17.4. The Kier molecular flexibility index (Phi) is 6.57. The van der Waals surface area contributed by atoms with Crippen LogP contribution in [-0.4, -0.2) is 36.7 Å². The molecule has 6 nitrogen and oxygen atoms in total. The van der Waals surface area contributed by atoms with Crippen molar-refractivity contribution >= 4 is 43.7 Å². The quantitative estimate of drug-likeness (QED) is 0.542. The second kappa shape index (κ2) is 9.20. The molecule has 3 heterocycles. The fourth-order valence-electron chi connectivity index (χ4n) is 3.62. The molecule has 164 valence electrons. The maximum absolute atomic E-state index is 12.8. The van der Waals surface area contributed by atoms with Crippen LogP contribution in [0.15, 0.2) is 51.4 Å². The number of hydrogen-bond donors (Lipinski definition) is 1. The second-order valence-corrected chi connectivity index (χ2v) is 11.9. The highest BCUT2D eigenvalue weighted by Gasteiger charge is 2.34. The number of rotatable bonds is 6. The topological polar surface area (TPSA) is 79.4 Å². The van der Waals surface area contributed by atoms with Crippen LogP contribution >= 0.6 is 22.7 Å². The Morgan fingerprint density at radius 2 is 1.97 bits per heavy atom. The zero-order valence-electron chi connectivity index (χ0n) is 17.4. The van der Waals surface area contributed by atoms with E-state index in [9.17, 15) is 13.2 Å². The minimum absolute atomic E-state index is 0.179. The Balaban J connectivity index is 1.41. The van der Waals surface area contributed by atoms with Crippen molar-refractivity contribution in [2.75, 3.05) is 18.4 Å². The van der Waals surface area contributed by atoms with Gasteiger partial charge in [0.2, 0.25) is 5.91 Å². The van der Waals surface area contributed by atoms with Crippen molar-refractivity contribution in [3.05, 3.63) is 52.7 Å². The molecule has 0 saturated carbocycles. The average molecular weight is 476 g/mol. The van der Waals surface area contributed by atoms with Crippen LogP contribution in [0, 0.1) is 5.92 Å². The van der Waals surface area contributed by atoms with Gasteiger partial charge in [0, 0.05) is 24.0 Å². The van der Waals surface area contributed by atoms with Crippen molar-refractivity contribution in [1.29, 1.82) is 0 Å². The summed E-state index contributed by atoms with van der Waals surface area (Å²) in [5.41, 5.74) is 3.10. The molecule has 1 amide bonds. The number of amides is 1. The van der Waals surface area contributed by atoms with E-state index in [-0.39, 0.29) is 18.4 Å². The molecular formula is C22H25N3O3S3. The first-order chi connectivity index (χ1) is 14.8. The van der Waals surface area contributed by atoms with Crippen LogP contribution < -0.4 is 5.32 Å². The van der Waals surface area contributed by atoms with E-state index in [2.05, 4.69) is 36.3 Å². The van der Waals surface area contributed by atoms with E-state index in [1.807, 2.05) is 17.5 Å². The third-order valence-corrected chi connectivity index (χ3v) is 9.45. The van der Waals surface area contributed by atoms with Crippen molar-refractivity contribution in [3.8, 4) is 11.3 Å². The Labute approximate surface area is 191 Å². The third kappa shape index (κ3) is 4.90. The normalized spacial score (nSPS) is 17.7. The number of carbonyl (C=O) groups is 1. The molecule has 0 spiro atoms. The van der Waals surface area contributed by atoms with E-state index in [0.717, 1.165) is 11.3 Å². The summed E-state index contributed by atoms with van der Waals surface area (Å²) in [6.07, 6.45) is 1.32. The molecule has 4 rings (SSSR count). The molecule has 2 aromatic heterocycles. The number of nitrogens with zero attached hydrogens (tertiary/aromatic N) is 2. The average Bonchev–Trinajstić information content (AvgIpc) is 3.47. The fourth-order valence-corrected chi connectivity index (χ4v) is 7.01. The van der Waals surface area contributed by atoms with Gasteiger partial charge in [-0.05, 0) is 35.8 Å². The van der Waals surface area contributed by atoms with Gasteiger partial charge in [0.1, 0.15) is 4.21 Å². The summed E-state index contributed by atoms with van der Waals surface area (Å²) in [7, 11) is -3.54. The zero-order valence-corrected chi connectivity index (χ0v) is 19.9. The Bertz CT molecular complexity index is 1140. The molecule has 1 saturated heterocycles. The second-order valence-electron chi connectivity index (χ2n) is 7.94. The first-order valence-electron chi connectivity index (χ1n) is 10.2. The number of anilines is 1. The van der Waals surface area contributed by atoms with Crippen LogP contribution in [0.5, 0.6) is 0 Å². The Hall–Kier alpha value is -2.07. The number of carbonyl (C=O) groups excluding carboxylic acids is 1. The number of benzene rings is 1. The number of nitrogens with one attached hydrogen (secondary N) is 1. The van der Waals surface area contributed by atoms with E-state index < -0.39 is 10.0 Å². The van der Waals surface area contributed by atoms with Gasteiger partial charge in [0.25, 0.3) is 10.0 Å². The lowest BCUT2D eigenvalue weighted by Crippen LogP contribution is -2.43. The van der Waals surface area contributed by atoms with E-state index in [4.69, 9.17) is 0 Å². The lowest BCUT2D eigenvalue weighted by molar-refractivity contribution is -0.120. The summed E-state index contributed by atoms with van der Waals surface area (Å²) < 4.78 is 27.3. The number of thiazole rings is 1. The summed E-state index contributed by atoms with van der Waals surface area (Å²) in [5.74, 6) is -0.0960. The summed E-state index contributed by atoms with van der Waals surface area (Å²) in [5, 5.41) is 7.09. The molecule has 1 atom stereocenters. The minimum atomic E-state index is -3.54. The SMILES string of the molecule is CC(C)c1ccc(-c2csc(NC(=O)C3CCCN(S(=O)(=O)c4cccs4)C3)n2)cc1. The lowest BCUT2D eigenvalue weighted by Gasteiger charge is -2.30. The van der Waals surface area contributed by atoms with E-state index >= 15 is 0 Å². The first kappa shape index (κ1) is 22.1. The lowest BCUT2D eigenvalue weighted by atomic mass is 9.99. The highest BCUT2D eigenvalue weighted by molar-refractivity contribution is 7.91. The summed E-state index contributed by atoms with van der Waals surface area (Å²) in [6.45, 7) is 4.95. The van der Waals surface area contributed by atoms with E-state index in [1.165, 1.54) is 32.5 Å². The molecule has 31 heavy (non-hydrogen) atoms. The van der Waals surface area contributed by atoms with Gasteiger partial charge in [-0.3, -0.25) is 4.79 Å². The molecular weight excluding hydrogens is 450 g/mol. The maximum atomic E-state index is 12.8. The summed E-state index contributed by atoms with van der Waals surface area (Å²) in [6, 6.07) is 11.6. The maximum Gasteiger partial charge on any atom is 0.252 e. The molecule has 0 bridgehead atoms. The largest absolute Gasteiger partial charge is 0.302 e. The van der Waals surface area contributed by atoms with Crippen LogP contribution in [0.2, 0.25) is 0 Å². The zero-order chi connectivity index (χ0) is 22.0. The number of hydrogen-bond acceptors (Lipinski definition) is 6. The van der Waals surface area contributed by atoms with Crippen LogP contribution in [-0.2, 0) is 14.8 Å². The van der Waals surface area contributed by atoms with Crippen molar-refractivity contribution in [3.63, 3.8) is 0 Å². The molecule has 1 fully saturated rings. The van der Waals surface area contributed by atoms with Crippen molar-refractivity contribution in [2.45, 2.75) is 36.8 Å². The Morgan fingerprint density at radius 3 is 2.65 bits per heavy atom. The van der Waals surface area contributed by atoms with Gasteiger partial charge >= 0.3 is 0 Å². The third-order valence-electron chi connectivity index (χ3n) is 5.45. The van der Waals surface area contributed by atoms with Crippen molar-refractivity contribution in [2.24, 2.45) is 5.92 Å². The molecule has 1 aliphatic heterocycles. The van der Waals surface area contributed by atoms with E-state index in [0.29, 0.717) is 34.6 Å². The highest BCUT2D eigenvalue weighted by Crippen LogP contribution is 2.29. The smallest absolute Gasteiger partial charge is 0.252 e. The van der Waals surface area contributed by atoms with Gasteiger partial charge in [-0.1, -0.05) is 44.2 Å². The minimum Gasteiger partial charge on any atom is -0.302 e. The molecule has 1 aromatic carbocycles. The van der Waals surface area contributed by atoms with Crippen molar-refractivity contribution < 1.29 is 13.2 Å². The first-order valence-corrected chi connectivity index (χ1v) is 13.4. The molecule has 0 radical (unpaired) electrons. The van der Waals surface area contributed by atoms with Gasteiger partial charge in [0.05, 0.1) is 11.6 Å². The molecule has 9 heteroatoms. The Morgan fingerprint density at radius 1 is 1.19 bits per heavy atom. The predicted molar refractivity (Wildman–Crippen MR) is 126 cm³/mol. The predicted octanol–water partition coefficient (Wildman–Crippen LogP) is 5.03. The molecule has 0 aliphatic carbocycles. The summed E-state index contributed by atoms with van der Waals surface area (Å²) >= 11 is 2.58. The number of aromatic nitrogens is 1. The van der Waals surface area contributed by atoms with Crippen LogP contribution in [0.4, 0.5) is 5.13 Å². The number of thiophene rings is 1. The van der Waals surface area contributed by atoms with Gasteiger partial charge in [-0.25, -0.2) is 13.4 Å². The molecule has 3 aromatic rings. The van der Waals surface area contributed by atoms with Gasteiger partial charge in [-0.15, -0.1) is 22.7 Å². The van der Waals surface area contributed by atoms with Gasteiger partial charge < -0.3 is 5.32 Å². The molecule has 1 N–H and O–H groups in total. The highest BCUT2D eigenvalue weighted by atomic mass is 32.2. The number of piperidine rings is 1.